The minimum absolute atomic E-state index is 0.0814. The maximum atomic E-state index is 5.98. The predicted octanol–water partition coefficient (Wildman–Crippen LogP) is 1.75. The van der Waals surface area contributed by atoms with E-state index in [0.29, 0.717) is 5.82 Å². The van der Waals surface area contributed by atoms with Crippen molar-refractivity contribution in [1.29, 1.82) is 0 Å². The zero-order valence-corrected chi connectivity index (χ0v) is 16.5. The number of fused-ring (bicyclic) bond motifs is 6. The second-order valence-corrected chi connectivity index (χ2v) is 9.83. The molecule has 4 heterocycles. The Balaban J connectivity index is 1.82. The van der Waals surface area contributed by atoms with Crippen molar-refractivity contribution in [1.82, 2.24) is 29.3 Å². The monoisotopic (exact) mass is 401 g/mol. The molecule has 7 nitrogen and oxygen atoms in total. The first-order valence-corrected chi connectivity index (χ1v) is 12.2. The van der Waals surface area contributed by atoms with Crippen LogP contribution in [-0.4, -0.2) is 50.2 Å². The van der Waals surface area contributed by atoms with Gasteiger partial charge >= 0.3 is 149 Å². The van der Waals surface area contributed by atoms with Crippen LogP contribution in [-0.2, 0) is 7.05 Å². The number of rotatable bonds is 0. The Kier molecular flexibility index (Phi) is 3.83. The van der Waals surface area contributed by atoms with Gasteiger partial charge in [-0.2, -0.15) is 0 Å². The van der Waals surface area contributed by atoms with Crippen LogP contribution in [0.5, 0.6) is 5.75 Å². The Morgan fingerprint density at radius 2 is 1.87 bits per heavy atom. The first-order chi connectivity index (χ1) is 11.1. The summed E-state index contributed by atoms with van der Waals surface area (Å²) in [7, 11) is 3.45. The van der Waals surface area contributed by atoms with Gasteiger partial charge in [-0.25, -0.2) is 0 Å². The summed E-state index contributed by atoms with van der Waals surface area (Å²) in [4.78, 5) is 0. The van der Waals surface area contributed by atoms with Crippen LogP contribution in [0, 0.1) is 0 Å². The molecule has 0 amide bonds. The summed E-state index contributed by atoms with van der Waals surface area (Å²) in [5.41, 5.74) is 1.88. The van der Waals surface area contributed by atoms with E-state index in [-0.39, 0.29) is 5.92 Å². The second-order valence-electron chi connectivity index (χ2n) is 5.18. The van der Waals surface area contributed by atoms with Gasteiger partial charge in [0.25, 0.3) is 0 Å². The van der Waals surface area contributed by atoms with Gasteiger partial charge in [0, 0.05) is 0 Å². The molecule has 0 N–H and O–H groups in total. The van der Waals surface area contributed by atoms with E-state index >= 15 is 0 Å². The van der Waals surface area contributed by atoms with Gasteiger partial charge in [0.05, 0.1) is 0 Å². The maximum absolute atomic E-state index is 5.98. The van der Waals surface area contributed by atoms with Crippen LogP contribution < -0.4 is 3.53 Å². The molecule has 0 saturated heterocycles. The summed E-state index contributed by atoms with van der Waals surface area (Å²) in [6.45, 7) is 2.08. The fourth-order valence-electron chi connectivity index (χ4n) is 2.38. The minimum atomic E-state index is -1.11. The standard InChI is InChI=1S/C13H14N6OS2.Ga/c1-8(10-4-6-19(15-10)13(21)22)9-3-5-18(14-9)12-11(20)7-17(2)16-12;/h3-8,20H,1-2H3,(H,21,22);/q;+2/p-2. The molecule has 0 aromatic carbocycles. The molecule has 0 spiro atoms. The van der Waals surface area contributed by atoms with Crippen molar-refractivity contribution >= 4 is 42.8 Å². The fourth-order valence-corrected chi connectivity index (χ4v) is 6.04. The molecular formula is C13H12GaN6OS2. The predicted molar refractivity (Wildman–Crippen MR) is 92.0 cm³/mol. The zero-order chi connectivity index (χ0) is 16.0. The summed E-state index contributed by atoms with van der Waals surface area (Å²) < 4.78 is 11.9. The third kappa shape index (κ3) is 2.75. The van der Waals surface area contributed by atoms with E-state index in [9.17, 15) is 0 Å². The molecular weight excluding hydrogens is 390 g/mol. The van der Waals surface area contributed by atoms with Gasteiger partial charge < -0.3 is 0 Å². The molecule has 4 bridgehead atoms. The SMILES string of the molecule is CC1c2ccn(n2)C(=S)[S][Ga][O]c2cn(C)nc2-n2ccc1n2. The number of thiocarbonyl (C=S) groups is 1. The van der Waals surface area contributed by atoms with Crippen molar-refractivity contribution in [3.63, 3.8) is 0 Å². The topological polar surface area (TPSA) is 62.7 Å². The third-order valence-corrected chi connectivity index (χ3v) is 8.89. The average Bonchev–Trinajstić information content (AvgIpc) is 3.24. The van der Waals surface area contributed by atoms with Crippen molar-refractivity contribution in [2.45, 2.75) is 12.8 Å². The normalized spacial score (nSPS) is 17.3. The molecule has 10 heteroatoms. The van der Waals surface area contributed by atoms with Gasteiger partial charge in [0.15, 0.2) is 0 Å². The van der Waals surface area contributed by atoms with Crippen LogP contribution in [0.2, 0.25) is 0 Å². The molecule has 0 fully saturated rings. The van der Waals surface area contributed by atoms with E-state index in [1.165, 1.54) is 0 Å². The molecule has 3 aromatic heterocycles. The quantitative estimate of drug-likeness (QED) is 0.422. The van der Waals surface area contributed by atoms with Crippen LogP contribution in [0.25, 0.3) is 5.82 Å². The van der Waals surface area contributed by atoms with Crippen LogP contribution in [0.1, 0.15) is 24.2 Å². The summed E-state index contributed by atoms with van der Waals surface area (Å²) in [6.07, 6.45) is 5.67. The van der Waals surface area contributed by atoms with E-state index in [2.05, 4.69) is 22.2 Å². The van der Waals surface area contributed by atoms with Gasteiger partial charge in [-0.05, 0) is 0 Å². The van der Waals surface area contributed by atoms with Gasteiger partial charge in [0.1, 0.15) is 0 Å². The second kappa shape index (κ2) is 5.85. The number of aromatic nitrogens is 6. The summed E-state index contributed by atoms with van der Waals surface area (Å²) in [5.74, 6) is 1.53. The summed E-state index contributed by atoms with van der Waals surface area (Å²) >= 11 is 4.33. The van der Waals surface area contributed by atoms with Crippen molar-refractivity contribution in [2.75, 3.05) is 0 Å². The van der Waals surface area contributed by atoms with Crippen LogP contribution >= 0.6 is 21.9 Å². The number of hydrogen-bond donors (Lipinski definition) is 0. The molecule has 1 atom stereocenters. The number of nitrogens with zero attached hydrogens (tertiary/aromatic N) is 6. The van der Waals surface area contributed by atoms with E-state index in [1.807, 2.05) is 37.8 Å². The molecule has 1 aliphatic rings. The molecule has 3 aromatic rings. The van der Waals surface area contributed by atoms with Crippen LogP contribution in [0.15, 0.2) is 30.7 Å². The zero-order valence-electron chi connectivity index (χ0n) is 12.4. The first-order valence-electron chi connectivity index (χ1n) is 6.96. The van der Waals surface area contributed by atoms with E-state index in [1.54, 1.807) is 23.7 Å². The average molecular weight is 402 g/mol. The Morgan fingerprint density at radius 1 is 1.17 bits per heavy atom. The molecule has 1 aliphatic heterocycles. The summed E-state index contributed by atoms with van der Waals surface area (Å²) in [6, 6.07) is 3.97. The van der Waals surface area contributed by atoms with Crippen LogP contribution in [0.4, 0.5) is 0 Å². The van der Waals surface area contributed by atoms with E-state index in [0.717, 1.165) is 21.5 Å². The van der Waals surface area contributed by atoms with Gasteiger partial charge in [0.2, 0.25) is 0 Å². The van der Waals surface area contributed by atoms with Gasteiger partial charge in [-0.15, -0.1) is 0 Å². The Labute approximate surface area is 149 Å². The van der Waals surface area contributed by atoms with E-state index in [4.69, 9.17) is 15.7 Å². The molecule has 4 rings (SSSR count). The first kappa shape index (κ1) is 15.1. The van der Waals surface area contributed by atoms with Crippen molar-refractivity contribution < 1.29 is 3.53 Å². The van der Waals surface area contributed by atoms with Crippen LogP contribution in [0.3, 0.4) is 0 Å². The molecule has 1 unspecified atom stereocenters. The van der Waals surface area contributed by atoms with Crippen molar-refractivity contribution in [3.8, 4) is 11.6 Å². The van der Waals surface area contributed by atoms with Crippen molar-refractivity contribution in [3.05, 3.63) is 42.1 Å². The Morgan fingerprint density at radius 3 is 2.65 bits per heavy atom. The fraction of sp³-hybridized carbons (Fsp3) is 0.231. The molecule has 1 radical (unpaired) electrons. The number of aryl methyl sites for hydroxylation is 1. The Bertz CT molecular complexity index is 885. The van der Waals surface area contributed by atoms with Gasteiger partial charge in [-0.3, -0.25) is 0 Å². The number of hydrogen-bond acceptors (Lipinski definition) is 6. The van der Waals surface area contributed by atoms with E-state index < -0.39 is 16.5 Å². The van der Waals surface area contributed by atoms with Crippen molar-refractivity contribution in [2.24, 2.45) is 7.05 Å². The van der Waals surface area contributed by atoms with Gasteiger partial charge in [-0.1, -0.05) is 0 Å². The third-order valence-electron chi connectivity index (χ3n) is 3.61. The molecule has 0 aliphatic carbocycles. The molecule has 23 heavy (non-hydrogen) atoms. The Hall–Kier alpha value is -1.49. The molecule has 0 saturated carbocycles. The summed E-state index contributed by atoms with van der Waals surface area (Å²) in [5, 5.41) is 13.7. The molecule has 115 valence electrons.